The Morgan fingerprint density at radius 1 is 1.07 bits per heavy atom. The van der Waals surface area contributed by atoms with Crippen LogP contribution in [0.4, 0.5) is 0 Å². The minimum atomic E-state index is -0.646. The minimum absolute atomic E-state index is 0.224. The molecule has 0 saturated heterocycles. The molecule has 0 radical (unpaired) electrons. The molecule has 1 aliphatic heterocycles. The molecule has 0 saturated carbocycles. The lowest BCUT2D eigenvalue weighted by atomic mass is 9.96. The number of benzene rings is 3. The first kappa shape index (κ1) is 27.4. The number of nitrogens with zero attached hydrogens (tertiary/aromatic N) is 2. The van der Waals surface area contributed by atoms with Gasteiger partial charge < -0.3 is 14.2 Å². The number of rotatable bonds is 8. The summed E-state index contributed by atoms with van der Waals surface area (Å²) < 4.78 is 18.9. The Morgan fingerprint density at radius 2 is 1.82 bits per heavy atom. The predicted octanol–water partition coefficient (Wildman–Crippen LogP) is 5.04. The smallest absolute Gasteiger partial charge is 0.338 e. The third-order valence-electron chi connectivity index (χ3n) is 6.43. The molecule has 0 amide bonds. The number of carbonyl (C=O) groups is 1. The second kappa shape index (κ2) is 11.9. The van der Waals surface area contributed by atoms with Crippen LogP contribution >= 0.6 is 22.9 Å². The predicted molar refractivity (Wildman–Crippen MR) is 156 cm³/mol. The molecule has 40 heavy (non-hydrogen) atoms. The molecule has 9 heteroatoms. The van der Waals surface area contributed by atoms with E-state index in [2.05, 4.69) is 4.99 Å². The van der Waals surface area contributed by atoms with Crippen molar-refractivity contribution in [2.45, 2.75) is 26.5 Å². The third kappa shape index (κ3) is 5.59. The number of thiazole rings is 1. The summed E-state index contributed by atoms with van der Waals surface area (Å²) >= 11 is 7.26. The summed E-state index contributed by atoms with van der Waals surface area (Å²) in [5.41, 5.74) is 3.16. The fraction of sp³-hybridized carbons (Fsp3) is 0.194. The topological polar surface area (TPSA) is 79.1 Å². The number of halogens is 1. The monoisotopic (exact) mass is 574 g/mol. The van der Waals surface area contributed by atoms with Gasteiger partial charge >= 0.3 is 5.97 Å². The maximum Gasteiger partial charge on any atom is 0.338 e. The lowest BCUT2D eigenvalue weighted by Gasteiger charge is -2.24. The molecule has 0 aliphatic carbocycles. The zero-order valence-electron chi connectivity index (χ0n) is 22.2. The van der Waals surface area contributed by atoms with Crippen molar-refractivity contribution in [1.29, 1.82) is 0 Å². The summed E-state index contributed by atoms with van der Waals surface area (Å²) in [6.07, 6.45) is 1.80. The normalized spacial score (nSPS) is 14.9. The number of fused-ring (bicyclic) bond motifs is 1. The van der Waals surface area contributed by atoms with Crippen molar-refractivity contribution in [3.05, 3.63) is 125 Å². The number of methoxy groups -OCH3 is 1. The number of allylic oxidation sites excluding steroid dienone is 1. The van der Waals surface area contributed by atoms with Gasteiger partial charge in [-0.15, -0.1) is 0 Å². The van der Waals surface area contributed by atoms with Gasteiger partial charge in [0, 0.05) is 5.02 Å². The standard InChI is InChI=1S/C31H27ClN2O5S/c1-4-38-30(36)27-19(2)33-31-34(28(27)22-8-6-5-7-9-22)29(35)26(40-31)17-21-12-15-24(37-3)25(16-21)39-18-20-10-13-23(32)14-11-20/h5-17,28H,4,18H2,1-3H3/t28-/m1/s1. The second-order valence-electron chi connectivity index (χ2n) is 9.04. The van der Waals surface area contributed by atoms with E-state index in [4.69, 9.17) is 25.8 Å². The Kier molecular flexibility index (Phi) is 8.19. The molecule has 7 nitrogen and oxygen atoms in total. The van der Waals surface area contributed by atoms with E-state index in [1.165, 1.54) is 11.3 Å². The molecule has 0 spiro atoms. The zero-order valence-corrected chi connectivity index (χ0v) is 23.8. The maximum atomic E-state index is 13.8. The van der Waals surface area contributed by atoms with Gasteiger partial charge in [-0.2, -0.15) is 0 Å². The van der Waals surface area contributed by atoms with Crippen LogP contribution in [0.25, 0.3) is 6.08 Å². The van der Waals surface area contributed by atoms with Gasteiger partial charge in [0.15, 0.2) is 16.3 Å². The average molecular weight is 575 g/mol. The van der Waals surface area contributed by atoms with E-state index in [1.807, 2.05) is 66.7 Å². The molecule has 0 unspecified atom stereocenters. The third-order valence-corrected chi connectivity index (χ3v) is 7.66. The molecular formula is C31H27ClN2O5S. The van der Waals surface area contributed by atoms with E-state index in [9.17, 15) is 9.59 Å². The number of hydrogen-bond donors (Lipinski definition) is 0. The summed E-state index contributed by atoms with van der Waals surface area (Å²) in [6.45, 7) is 4.07. The Hall–Kier alpha value is -4.14. The first-order valence-electron chi connectivity index (χ1n) is 12.7. The van der Waals surface area contributed by atoms with Gasteiger partial charge in [-0.1, -0.05) is 71.5 Å². The molecule has 0 fully saturated rings. The van der Waals surface area contributed by atoms with Crippen LogP contribution < -0.4 is 24.4 Å². The summed E-state index contributed by atoms with van der Waals surface area (Å²) in [5.74, 6) is 0.637. The number of ether oxygens (including phenoxy) is 3. The van der Waals surface area contributed by atoms with E-state index in [0.717, 1.165) is 16.7 Å². The van der Waals surface area contributed by atoms with E-state index in [0.29, 0.717) is 43.7 Å². The van der Waals surface area contributed by atoms with Crippen LogP contribution in [0.2, 0.25) is 5.02 Å². The first-order valence-corrected chi connectivity index (χ1v) is 13.9. The summed E-state index contributed by atoms with van der Waals surface area (Å²) in [6, 6.07) is 21.7. The van der Waals surface area contributed by atoms with Gasteiger partial charge in [-0.25, -0.2) is 9.79 Å². The van der Waals surface area contributed by atoms with Crippen molar-refractivity contribution in [3.63, 3.8) is 0 Å². The molecule has 1 atom stereocenters. The van der Waals surface area contributed by atoms with Gasteiger partial charge in [0.2, 0.25) is 0 Å². The highest BCUT2D eigenvalue weighted by atomic mass is 35.5. The number of carbonyl (C=O) groups excluding carboxylic acids is 1. The van der Waals surface area contributed by atoms with Gasteiger partial charge in [-0.05, 0) is 60.9 Å². The first-order chi connectivity index (χ1) is 19.4. The molecule has 1 aromatic heterocycles. The van der Waals surface area contributed by atoms with Crippen molar-refractivity contribution in [2.75, 3.05) is 13.7 Å². The molecule has 3 aromatic carbocycles. The Labute approximate surface area is 240 Å². The van der Waals surface area contributed by atoms with Gasteiger partial charge in [0.05, 0.1) is 35.6 Å². The Morgan fingerprint density at radius 3 is 2.52 bits per heavy atom. The molecule has 0 bridgehead atoms. The van der Waals surface area contributed by atoms with Crippen molar-refractivity contribution in [1.82, 2.24) is 4.57 Å². The highest BCUT2D eigenvalue weighted by Gasteiger charge is 2.33. The van der Waals surface area contributed by atoms with E-state index >= 15 is 0 Å². The lowest BCUT2D eigenvalue weighted by molar-refractivity contribution is -0.139. The fourth-order valence-electron chi connectivity index (χ4n) is 4.53. The second-order valence-corrected chi connectivity index (χ2v) is 10.5. The molecule has 4 aromatic rings. The quantitative estimate of drug-likeness (QED) is 0.276. The van der Waals surface area contributed by atoms with Crippen molar-refractivity contribution in [3.8, 4) is 11.5 Å². The van der Waals surface area contributed by atoms with Crippen molar-refractivity contribution >= 4 is 35.0 Å². The fourth-order valence-corrected chi connectivity index (χ4v) is 5.70. The van der Waals surface area contributed by atoms with Crippen LogP contribution in [-0.4, -0.2) is 24.3 Å². The van der Waals surface area contributed by atoms with Gasteiger partial charge in [-0.3, -0.25) is 9.36 Å². The van der Waals surface area contributed by atoms with Crippen LogP contribution in [-0.2, 0) is 16.1 Å². The molecule has 2 heterocycles. The highest BCUT2D eigenvalue weighted by Crippen LogP contribution is 2.31. The van der Waals surface area contributed by atoms with Crippen LogP contribution in [0.1, 0.15) is 36.6 Å². The minimum Gasteiger partial charge on any atom is -0.493 e. The van der Waals surface area contributed by atoms with Crippen LogP contribution in [0.3, 0.4) is 0 Å². The van der Waals surface area contributed by atoms with Gasteiger partial charge in [0.1, 0.15) is 6.61 Å². The average Bonchev–Trinajstić information content (AvgIpc) is 3.26. The lowest BCUT2D eigenvalue weighted by Crippen LogP contribution is -2.39. The Balaban J connectivity index is 1.56. The van der Waals surface area contributed by atoms with E-state index in [-0.39, 0.29) is 12.2 Å². The van der Waals surface area contributed by atoms with Crippen LogP contribution in [0.5, 0.6) is 11.5 Å². The molecule has 0 N–H and O–H groups in total. The SMILES string of the molecule is CCOC(=O)C1=C(C)N=c2sc(=Cc3ccc(OC)c(OCc4ccc(Cl)cc4)c3)c(=O)n2[C@@H]1c1ccccc1. The largest absolute Gasteiger partial charge is 0.493 e. The summed E-state index contributed by atoms with van der Waals surface area (Å²) in [4.78, 5) is 32.0. The zero-order chi connectivity index (χ0) is 28.2. The van der Waals surface area contributed by atoms with E-state index < -0.39 is 12.0 Å². The number of esters is 1. The number of aromatic nitrogens is 1. The molecular weight excluding hydrogens is 548 g/mol. The van der Waals surface area contributed by atoms with Crippen LogP contribution in [0, 0.1) is 0 Å². The van der Waals surface area contributed by atoms with Crippen LogP contribution in [0.15, 0.2) is 93.9 Å². The van der Waals surface area contributed by atoms with Crippen molar-refractivity contribution < 1.29 is 19.0 Å². The molecule has 1 aliphatic rings. The van der Waals surface area contributed by atoms with Crippen molar-refractivity contribution in [2.24, 2.45) is 4.99 Å². The Bertz CT molecular complexity index is 1760. The number of hydrogen-bond acceptors (Lipinski definition) is 7. The summed E-state index contributed by atoms with van der Waals surface area (Å²) in [7, 11) is 1.58. The molecule has 5 rings (SSSR count). The maximum absolute atomic E-state index is 13.8. The molecule has 204 valence electrons. The van der Waals surface area contributed by atoms with Gasteiger partial charge in [0.25, 0.3) is 5.56 Å². The highest BCUT2D eigenvalue weighted by molar-refractivity contribution is 7.07. The summed E-state index contributed by atoms with van der Waals surface area (Å²) in [5, 5.41) is 0.656. The van der Waals surface area contributed by atoms with E-state index in [1.54, 1.807) is 37.7 Å².